The molecular formula is C18H29FN4O4. The van der Waals surface area contributed by atoms with Gasteiger partial charge in [-0.3, -0.25) is 0 Å². The van der Waals surface area contributed by atoms with Gasteiger partial charge in [0.2, 0.25) is 0 Å². The number of aliphatic imine (C=N–C) groups is 1. The van der Waals surface area contributed by atoms with Crippen molar-refractivity contribution in [2.24, 2.45) is 10.7 Å². The molecule has 1 heterocycles. The first-order valence-electron chi connectivity index (χ1n) is 8.53. The van der Waals surface area contributed by atoms with Crippen LogP contribution in [0.3, 0.4) is 0 Å². The molecule has 27 heavy (non-hydrogen) atoms. The van der Waals surface area contributed by atoms with E-state index in [1.165, 1.54) is 6.08 Å². The first-order valence-corrected chi connectivity index (χ1v) is 8.53. The number of hydrogen-bond acceptors (Lipinski definition) is 6. The van der Waals surface area contributed by atoms with Crippen molar-refractivity contribution in [3.05, 3.63) is 24.2 Å². The van der Waals surface area contributed by atoms with Crippen LogP contribution in [0.5, 0.6) is 0 Å². The van der Waals surface area contributed by atoms with Gasteiger partial charge in [-0.05, 0) is 41.5 Å². The van der Waals surface area contributed by atoms with E-state index in [1.54, 1.807) is 46.4 Å². The Morgan fingerprint density at radius 3 is 1.93 bits per heavy atom. The maximum Gasteiger partial charge on any atom is 0.425 e. The van der Waals surface area contributed by atoms with Crippen LogP contribution in [0, 0.1) is 0 Å². The highest BCUT2D eigenvalue weighted by Gasteiger charge is 2.35. The van der Waals surface area contributed by atoms with Gasteiger partial charge in [0.15, 0.2) is 5.82 Å². The zero-order valence-electron chi connectivity index (χ0n) is 16.8. The Balaban J connectivity index is 3.23. The summed E-state index contributed by atoms with van der Waals surface area (Å²) in [6, 6.07) is 0. The molecule has 0 aromatic carbocycles. The van der Waals surface area contributed by atoms with E-state index in [2.05, 4.69) is 11.6 Å². The molecule has 0 aromatic heterocycles. The van der Waals surface area contributed by atoms with Crippen LogP contribution in [-0.2, 0) is 9.47 Å². The van der Waals surface area contributed by atoms with Gasteiger partial charge in [0.25, 0.3) is 0 Å². The van der Waals surface area contributed by atoms with E-state index in [0.29, 0.717) is 10.6 Å². The van der Waals surface area contributed by atoms with E-state index in [4.69, 9.17) is 15.2 Å². The summed E-state index contributed by atoms with van der Waals surface area (Å²) in [7, 11) is 0. The van der Waals surface area contributed by atoms with Crippen molar-refractivity contribution in [3.8, 4) is 0 Å². The molecule has 1 saturated heterocycles. The molecule has 0 spiro atoms. The Morgan fingerprint density at radius 1 is 1.15 bits per heavy atom. The molecular weight excluding hydrogens is 355 g/mol. The van der Waals surface area contributed by atoms with Gasteiger partial charge >= 0.3 is 12.2 Å². The Morgan fingerprint density at radius 2 is 1.59 bits per heavy atom. The third-order valence-corrected chi connectivity index (χ3v) is 3.13. The lowest BCUT2D eigenvalue weighted by atomic mass is 10.1. The Kier molecular flexibility index (Phi) is 6.99. The average Bonchev–Trinajstić information content (AvgIpc) is 2.40. The zero-order chi connectivity index (χ0) is 21.0. The SMILES string of the molecule is C=C(/C=C(\N=CN)N(C(=O)OC(C)(C)C)C(=O)OC(C)(C)C)N1CC(F)C1. The lowest BCUT2D eigenvalue weighted by Gasteiger charge is -2.37. The number of halogens is 1. The predicted octanol–water partition coefficient (Wildman–Crippen LogP) is 3.15. The van der Waals surface area contributed by atoms with E-state index in [1.807, 2.05) is 0 Å². The highest BCUT2D eigenvalue weighted by molar-refractivity contribution is 5.91. The fourth-order valence-electron chi connectivity index (χ4n) is 2.01. The third kappa shape index (κ3) is 7.28. The molecule has 2 amide bonds. The number of ether oxygens (including phenoxy) is 2. The van der Waals surface area contributed by atoms with Gasteiger partial charge < -0.3 is 20.1 Å². The van der Waals surface area contributed by atoms with Crippen molar-refractivity contribution < 1.29 is 23.5 Å². The minimum Gasteiger partial charge on any atom is -0.443 e. The van der Waals surface area contributed by atoms with Crippen LogP contribution in [0.4, 0.5) is 14.0 Å². The Bertz CT molecular complexity index is 613. The summed E-state index contributed by atoms with van der Waals surface area (Å²) in [6.07, 6.45) is -0.621. The van der Waals surface area contributed by atoms with E-state index >= 15 is 0 Å². The third-order valence-electron chi connectivity index (χ3n) is 3.13. The molecule has 152 valence electrons. The number of carbonyl (C=O) groups is 2. The summed E-state index contributed by atoms with van der Waals surface area (Å²) in [5, 5.41) is 0. The van der Waals surface area contributed by atoms with Gasteiger partial charge in [-0.2, -0.15) is 4.90 Å². The number of imide groups is 1. The fraction of sp³-hybridized carbons (Fsp3) is 0.611. The maximum absolute atomic E-state index is 13.1. The fourth-order valence-corrected chi connectivity index (χ4v) is 2.01. The van der Waals surface area contributed by atoms with Gasteiger partial charge in [-0.15, -0.1) is 0 Å². The zero-order valence-corrected chi connectivity index (χ0v) is 16.8. The monoisotopic (exact) mass is 384 g/mol. The molecule has 0 bridgehead atoms. The standard InChI is InChI=1S/C18H29FN4O4/c1-12(22-9-13(19)10-22)8-14(21-11-20)23(15(24)26-17(2,3)4)16(25)27-18(5,6)7/h8,11,13H,1,9-10H2,2-7H3,(H2,20,21)/b14-8+. The molecule has 1 aliphatic heterocycles. The second-order valence-corrected chi connectivity index (χ2v) is 8.07. The van der Waals surface area contributed by atoms with Crippen molar-refractivity contribution in [1.29, 1.82) is 0 Å². The number of alkyl halides is 1. The van der Waals surface area contributed by atoms with Crippen molar-refractivity contribution >= 4 is 18.5 Å². The highest BCUT2D eigenvalue weighted by atomic mass is 19.1. The quantitative estimate of drug-likeness (QED) is 0.454. The van der Waals surface area contributed by atoms with Crippen LogP contribution in [0.1, 0.15) is 41.5 Å². The number of nitrogens with zero attached hydrogens (tertiary/aromatic N) is 3. The number of hydrogen-bond donors (Lipinski definition) is 1. The largest absolute Gasteiger partial charge is 0.443 e. The van der Waals surface area contributed by atoms with Crippen LogP contribution in [0.25, 0.3) is 0 Å². The average molecular weight is 384 g/mol. The van der Waals surface area contributed by atoms with E-state index in [-0.39, 0.29) is 18.9 Å². The van der Waals surface area contributed by atoms with E-state index in [9.17, 15) is 14.0 Å². The number of nitrogens with two attached hydrogens (primary N) is 1. The Hall–Kier alpha value is -2.58. The topological polar surface area (TPSA) is 97.5 Å². The molecule has 0 aromatic rings. The minimum atomic E-state index is -0.978. The van der Waals surface area contributed by atoms with Gasteiger partial charge in [-0.1, -0.05) is 6.58 Å². The van der Waals surface area contributed by atoms with Gasteiger partial charge in [0.1, 0.15) is 17.4 Å². The number of rotatable bonds is 4. The van der Waals surface area contributed by atoms with Gasteiger partial charge in [0, 0.05) is 11.8 Å². The van der Waals surface area contributed by atoms with Crippen LogP contribution in [0.15, 0.2) is 29.2 Å². The lowest BCUT2D eigenvalue weighted by molar-refractivity contribution is 0.00801. The first kappa shape index (κ1) is 22.5. The molecule has 0 aliphatic carbocycles. The lowest BCUT2D eigenvalue weighted by Crippen LogP contribution is -2.47. The first-order chi connectivity index (χ1) is 12.2. The molecule has 0 atom stereocenters. The van der Waals surface area contributed by atoms with Crippen molar-refractivity contribution in [1.82, 2.24) is 9.80 Å². The molecule has 9 heteroatoms. The molecule has 0 radical (unpaired) electrons. The van der Waals surface area contributed by atoms with E-state index < -0.39 is 29.6 Å². The second-order valence-electron chi connectivity index (χ2n) is 8.07. The van der Waals surface area contributed by atoms with Crippen LogP contribution in [0.2, 0.25) is 0 Å². The minimum absolute atomic E-state index is 0.145. The molecule has 8 nitrogen and oxygen atoms in total. The number of carbonyl (C=O) groups excluding carboxylic acids is 2. The summed E-state index contributed by atoms with van der Waals surface area (Å²) < 4.78 is 23.7. The summed E-state index contributed by atoms with van der Waals surface area (Å²) in [4.78, 5) is 31.4. The predicted molar refractivity (Wildman–Crippen MR) is 101 cm³/mol. The van der Waals surface area contributed by atoms with Crippen LogP contribution < -0.4 is 5.73 Å². The summed E-state index contributed by atoms with van der Waals surface area (Å²) in [5.74, 6) is -0.145. The molecule has 0 unspecified atom stereocenters. The van der Waals surface area contributed by atoms with Crippen molar-refractivity contribution in [3.63, 3.8) is 0 Å². The highest BCUT2D eigenvalue weighted by Crippen LogP contribution is 2.23. The molecule has 1 aliphatic rings. The summed E-state index contributed by atoms with van der Waals surface area (Å²) in [6.45, 7) is 14.1. The Labute approximate surface area is 159 Å². The van der Waals surface area contributed by atoms with Crippen LogP contribution in [-0.4, -0.2) is 58.8 Å². The van der Waals surface area contributed by atoms with Gasteiger partial charge in [0.05, 0.1) is 19.4 Å². The maximum atomic E-state index is 13.1. The molecule has 1 rings (SSSR count). The summed E-state index contributed by atoms with van der Waals surface area (Å²) in [5.41, 5.74) is 4.04. The second kappa shape index (κ2) is 8.41. The van der Waals surface area contributed by atoms with Crippen molar-refractivity contribution in [2.45, 2.75) is 58.9 Å². The molecule has 2 N–H and O–H groups in total. The normalized spacial score (nSPS) is 16.1. The number of likely N-dealkylation sites (tertiary alicyclic amines) is 1. The number of amides is 2. The number of allylic oxidation sites excluding steroid dienone is 1. The van der Waals surface area contributed by atoms with Crippen LogP contribution >= 0.6 is 0 Å². The molecule has 0 saturated carbocycles. The summed E-state index contributed by atoms with van der Waals surface area (Å²) >= 11 is 0. The van der Waals surface area contributed by atoms with Crippen molar-refractivity contribution in [2.75, 3.05) is 13.1 Å². The smallest absolute Gasteiger partial charge is 0.425 e. The van der Waals surface area contributed by atoms with Gasteiger partial charge in [-0.25, -0.2) is 19.0 Å². The molecule has 1 fully saturated rings. The van der Waals surface area contributed by atoms with E-state index in [0.717, 1.165) is 6.34 Å².